The number of aryl methyl sites for hydroxylation is 6. The lowest BCUT2D eigenvalue weighted by molar-refractivity contribution is -0.0175. The van der Waals surface area contributed by atoms with Gasteiger partial charge in [0.2, 0.25) is 17.7 Å². The van der Waals surface area contributed by atoms with E-state index in [4.69, 9.17) is 14.2 Å². The molecule has 18 nitrogen and oxygen atoms in total. The summed E-state index contributed by atoms with van der Waals surface area (Å²) in [6.45, 7) is 13.8. The van der Waals surface area contributed by atoms with Crippen molar-refractivity contribution in [1.29, 1.82) is 0 Å². The molecule has 0 spiro atoms. The number of nitrogens with one attached hydrogen (secondary N) is 3. The molecule has 3 aromatic rings. The summed E-state index contributed by atoms with van der Waals surface area (Å²) in [6, 6.07) is 5.65. The summed E-state index contributed by atoms with van der Waals surface area (Å²) < 4.78 is 21.2. The van der Waals surface area contributed by atoms with Crippen molar-refractivity contribution < 1.29 is 43.0 Å². The zero-order valence-electron chi connectivity index (χ0n) is 40.8. The fraction of sp³-hybridized carbons (Fsp3) is 0.688. The molecule has 0 aliphatic rings. The van der Waals surface area contributed by atoms with Gasteiger partial charge in [-0.2, -0.15) is 15.3 Å². The first-order chi connectivity index (χ1) is 31.6. The Morgan fingerprint density at radius 1 is 0.439 bits per heavy atom. The van der Waals surface area contributed by atoms with Gasteiger partial charge in [0.15, 0.2) is 0 Å². The molecule has 66 heavy (non-hydrogen) atoms. The van der Waals surface area contributed by atoms with Gasteiger partial charge in [-0.3, -0.25) is 14.4 Å². The predicted molar refractivity (Wildman–Crippen MR) is 251 cm³/mol. The van der Waals surface area contributed by atoms with E-state index < -0.39 is 23.7 Å². The van der Waals surface area contributed by atoms with Crippen molar-refractivity contribution in [3.63, 3.8) is 0 Å². The number of rotatable bonds is 31. The standard InChI is InChI=1S/C48H77N9O9/c1-8-48(33-64-45(61)49-27-21-15-9-12-18-24-42(58)55-39(5)30-36(2)52-55,34-65-46(62)50-28-22-16-10-13-19-25-43(59)56-40(6)31-37(3)53-56)35-66-47(63)51-29-23-17-11-14-20-26-44(60)57-41(7)32-38(4)54-57/h30-32H,8-29,33-35H2,1-7H3,(H,49,61)(H,50,62)(H,51,63). The number of alkyl carbamates (subject to hydrolysis) is 3. The summed E-state index contributed by atoms with van der Waals surface area (Å²) in [5, 5.41) is 21.1. The molecule has 3 N–H and O–H groups in total. The SMILES string of the molecule is CCC(COC(=O)NCCCCCCCC(=O)n1nc(C)cc1C)(COC(=O)NCCCCCCCC(=O)n1nc(C)cc1C)COC(=O)NCCCCCCCC(=O)n1nc(C)cc1C. The van der Waals surface area contributed by atoms with E-state index in [1.54, 1.807) is 0 Å². The van der Waals surface area contributed by atoms with Gasteiger partial charge in [0.1, 0.15) is 19.8 Å². The quantitative estimate of drug-likeness (QED) is 0.0407. The Hall–Kier alpha value is -5.55. The minimum absolute atomic E-state index is 0.00652. The molecule has 0 aliphatic carbocycles. The number of aromatic nitrogens is 6. The van der Waals surface area contributed by atoms with E-state index in [1.165, 1.54) is 14.0 Å². The Bertz CT molecular complexity index is 1770. The number of amides is 3. The van der Waals surface area contributed by atoms with E-state index in [-0.39, 0.29) is 37.5 Å². The molecule has 3 rings (SSSR count). The van der Waals surface area contributed by atoms with Gasteiger partial charge in [0, 0.05) is 56.0 Å². The summed E-state index contributed by atoms with van der Waals surface area (Å²) in [6.07, 6.45) is 12.4. The van der Waals surface area contributed by atoms with Gasteiger partial charge in [0.05, 0.1) is 22.5 Å². The number of hydrogen-bond donors (Lipinski definition) is 3. The summed E-state index contributed by atoms with van der Waals surface area (Å²) in [5.74, 6) is -0.0196. The van der Waals surface area contributed by atoms with E-state index in [1.807, 2.05) is 66.7 Å². The lowest BCUT2D eigenvalue weighted by Gasteiger charge is -2.31. The van der Waals surface area contributed by atoms with Crippen LogP contribution in [-0.4, -0.2) is 105 Å². The van der Waals surface area contributed by atoms with Crippen molar-refractivity contribution in [2.24, 2.45) is 5.41 Å². The molecule has 18 heteroatoms. The summed E-state index contributed by atoms with van der Waals surface area (Å²) in [7, 11) is 0. The fourth-order valence-electron chi connectivity index (χ4n) is 7.57. The largest absolute Gasteiger partial charge is 0.449 e. The molecular formula is C48H77N9O9. The van der Waals surface area contributed by atoms with Gasteiger partial charge in [-0.05, 0) is 105 Å². The van der Waals surface area contributed by atoms with E-state index in [9.17, 15) is 28.8 Å². The van der Waals surface area contributed by atoms with Crippen LogP contribution in [0.25, 0.3) is 0 Å². The summed E-state index contributed by atoms with van der Waals surface area (Å²) >= 11 is 0. The highest BCUT2D eigenvalue weighted by molar-refractivity contribution is 5.79. The average molecular weight is 924 g/mol. The number of carbonyl (C=O) groups excluding carboxylic acids is 6. The molecular weight excluding hydrogens is 847 g/mol. The Morgan fingerprint density at radius 3 is 0.939 bits per heavy atom. The summed E-state index contributed by atoms with van der Waals surface area (Å²) in [5.41, 5.74) is 3.99. The lowest BCUT2D eigenvalue weighted by atomic mass is 9.88. The van der Waals surface area contributed by atoms with Gasteiger partial charge >= 0.3 is 18.3 Å². The molecule has 0 atom stereocenters. The minimum Gasteiger partial charge on any atom is -0.449 e. The first-order valence-corrected chi connectivity index (χ1v) is 24.0. The maximum atomic E-state index is 12.8. The van der Waals surface area contributed by atoms with Crippen LogP contribution in [-0.2, 0) is 14.2 Å². The van der Waals surface area contributed by atoms with Crippen molar-refractivity contribution in [2.45, 2.75) is 170 Å². The van der Waals surface area contributed by atoms with Crippen molar-refractivity contribution in [3.05, 3.63) is 52.4 Å². The van der Waals surface area contributed by atoms with Crippen molar-refractivity contribution in [2.75, 3.05) is 39.5 Å². The monoisotopic (exact) mass is 924 g/mol. The highest BCUT2D eigenvalue weighted by Gasteiger charge is 2.34. The van der Waals surface area contributed by atoms with Crippen molar-refractivity contribution in [3.8, 4) is 0 Å². The second kappa shape index (κ2) is 29.9. The number of unbranched alkanes of at least 4 members (excludes halogenated alkanes) is 12. The van der Waals surface area contributed by atoms with E-state index in [0.717, 1.165) is 130 Å². The van der Waals surface area contributed by atoms with Gasteiger partial charge in [0.25, 0.3) is 0 Å². The van der Waals surface area contributed by atoms with Crippen LogP contribution >= 0.6 is 0 Å². The van der Waals surface area contributed by atoms with Gasteiger partial charge in [-0.1, -0.05) is 64.7 Å². The third kappa shape index (κ3) is 20.7. The molecule has 0 bridgehead atoms. The Labute approximate surface area is 391 Å². The number of ether oxygens (including phenoxy) is 3. The zero-order chi connectivity index (χ0) is 48.3. The van der Waals surface area contributed by atoms with Crippen LogP contribution in [0.3, 0.4) is 0 Å². The van der Waals surface area contributed by atoms with Gasteiger partial charge in [-0.25, -0.2) is 28.4 Å². The Balaban J connectivity index is 1.35. The molecule has 3 aromatic heterocycles. The summed E-state index contributed by atoms with van der Waals surface area (Å²) in [4.78, 5) is 75.6. The van der Waals surface area contributed by atoms with E-state index >= 15 is 0 Å². The van der Waals surface area contributed by atoms with Crippen LogP contribution in [0.2, 0.25) is 0 Å². The second-order valence-electron chi connectivity index (χ2n) is 17.6. The molecule has 0 aliphatic heterocycles. The van der Waals surface area contributed by atoms with Gasteiger partial charge in [-0.15, -0.1) is 0 Å². The molecule has 0 fully saturated rings. The van der Waals surface area contributed by atoms with Crippen LogP contribution in [0.1, 0.15) is 177 Å². The maximum absolute atomic E-state index is 12.8. The molecule has 0 aromatic carbocycles. The molecule has 3 amide bonds. The minimum atomic E-state index is -0.994. The predicted octanol–water partition coefficient (Wildman–Crippen LogP) is 9.04. The number of carbonyl (C=O) groups is 6. The zero-order valence-corrected chi connectivity index (χ0v) is 40.8. The molecule has 3 heterocycles. The molecule has 0 radical (unpaired) electrons. The van der Waals surface area contributed by atoms with Crippen LogP contribution in [0.4, 0.5) is 14.4 Å². The normalized spacial score (nSPS) is 11.3. The molecule has 0 saturated carbocycles. The van der Waals surface area contributed by atoms with Crippen LogP contribution in [0.15, 0.2) is 18.2 Å². The smallest absolute Gasteiger partial charge is 0.407 e. The third-order valence-electron chi connectivity index (χ3n) is 11.5. The van der Waals surface area contributed by atoms with Crippen LogP contribution in [0.5, 0.6) is 0 Å². The molecule has 0 saturated heterocycles. The third-order valence-corrected chi connectivity index (χ3v) is 11.5. The fourth-order valence-corrected chi connectivity index (χ4v) is 7.57. The van der Waals surface area contributed by atoms with Crippen LogP contribution < -0.4 is 16.0 Å². The van der Waals surface area contributed by atoms with E-state index in [0.29, 0.717) is 45.3 Å². The van der Waals surface area contributed by atoms with Crippen molar-refractivity contribution >= 4 is 36.0 Å². The molecule has 368 valence electrons. The number of hydrogen-bond acceptors (Lipinski definition) is 12. The Morgan fingerprint density at radius 2 is 0.697 bits per heavy atom. The van der Waals surface area contributed by atoms with Crippen LogP contribution in [0, 0.1) is 47.0 Å². The van der Waals surface area contributed by atoms with E-state index in [2.05, 4.69) is 31.2 Å². The Kier molecular flexibility index (Phi) is 24.8. The maximum Gasteiger partial charge on any atom is 0.407 e. The highest BCUT2D eigenvalue weighted by atomic mass is 16.6. The average Bonchev–Trinajstić information content (AvgIpc) is 3.94. The lowest BCUT2D eigenvalue weighted by Crippen LogP contribution is -2.42. The van der Waals surface area contributed by atoms with Crippen molar-refractivity contribution in [1.82, 2.24) is 45.3 Å². The van der Waals surface area contributed by atoms with Gasteiger partial charge < -0.3 is 30.2 Å². The highest BCUT2D eigenvalue weighted by Crippen LogP contribution is 2.25. The molecule has 0 unspecified atom stereocenters. The first-order valence-electron chi connectivity index (χ1n) is 24.0. The second-order valence-corrected chi connectivity index (χ2v) is 17.6. The first kappa shape index (κ1) is 54.8. The topological polar surface area (TPSA) is 220 Å². The number of nitrogens with zero attached hydrogens (tertiary/aromatic N) is 6.